The minimum atomic E-state index is -0.823. The fourth-order valence-corrected chi connectivity index (χ4v) is 2.96. The van der Waals surface area contributed by atoms with Crippen molar-refractivity contribution in [2.75, 3.05) is 7.11 Å². The van der Waals surface area contributed by atoms with Crippen molar-refractivity contribution in [3.8, 4) is 5.75 Å². The normalized spacial score (nSPS) is 14.7. The van der Waals surface area contributed by atoms with Crippen molar-refractivity contribution in [1.82, 2.24) is 0 Å². The third kappa shape index (κ3) is 7.60. The van der Waals surface area contributed by atoms with Crippen LogP contribution in [-0.2, 0) is 16.0 Å². The van der Waals surface area contributed by atoms with Gasteiger partial charge in [-0.05, 0) is 54.5 Å². The van der Waals surface area contributed by atoms with Crippen molar-refractivity contribution >= 4 is 12.0 Å². The maximum absolute atomic E-state index is 11.3. The summed E-state index contributed by atoms with van der Waals surface area (Å²) in [5.74, 6) is 0.257. The zero-order valence-corrected chi connectivity index (χ0v) is 17.0. The molecule has 3 unspecified atom stereocenters. The molecule has 6 heteroatoms. The van der Waals surface area contributed by atoms with E-state index in [1.54, 1.807) is 24.3 Å². The molecule has 0 saturated heterocycles. The fourth-order valence-electron chi connectivity index (χ4n) is 2.96. The molecule has 2 aromatic rings. The number of aliphatic hydroxyl groups excluding tert-OH is 1. The van der Waals surface area contributed by atoms with Crippen LogP contribution in [-0.4, -0.2) is 30.5 Å². The number of esters is 1. The topological polar surface area (TPSA) is 108 Å². The summed E-state index contributed by atoms with van der Waals surface area (Å²) in [5.41, 5.74) is 13.7. The van der Waals surface area contributed by atoms with Crippen LogP contribution in [0.5, 0.6) is 5.75 Å². The van der Waals surface area contributed by atoms with Gasteiger partial charge in [0.05, 0.1) is 7.11 Å². The molecule has 2 rings (SSSR count). The maximum Gasteiger partial charge on any atom is 0.353 e. The van der Waals surface area contributed by atoms with Gasteiger partial charge in [-0.2, -0.15) is 0 Å². The first-order chi connectivity index (χ1) is 13.9. The molecular formula is C23H30N2O4. The lowest BCUT2D eigenvalue weighted by atomic mass is 9.95. The summed E-state index contributed by atoms with van der Waals surface area (Å²) in [6, 6.07) is 17.2. The van der Waals surface area contributed by atoms with E-state index in [-0.39, 0.29) is 5.70 Å². The predicted octanol–water partition coefficient (Wildman–Crippen LogP) is 2.84. The Bertz CT molecular complexity index is 790. The molecule has 156 valence electrons. The first kappa shape index (κ1) is 22.5. The number of aliphatic hydroxyl groups is 1. The van der Waals surface area contributed by atoms with E-state index in [0.717, 1.165) is 18.4 Å². The SMILES string of the molecule is COC(=O)C(N)=Cc1ccc(OC(N)C(O)CC(C)CCc2ccccc2)cc1. The lowest BCUT2D eigenvalue weighted by molar-refractivity contribution is -0.136. The molecule has 0 radical (unpaired) electrons. The monoisotopic (exact) mass is 398 g/mol. The summed E-state index contributed by atoms with van der Waals surface area (Å²) in [4.78, 5) is 11.3. The zero-order valence-electron chi connectivity index (χ0n) is 17.0. The minimum Gasteiger partial charge on any atom is -0.473 e. The molecule has 0 aliphatic heterocycles. The summed E-state index contributed by atoms with van der Waals surface area (Å²) in [6.07, 6.45) is 2.42. The van der Waals surface area contributed by atoms with Gasteiger partial charge in [0.1, 0.15) is 17.6 Å². The highest BCUT2D eigenvalue weighted by atomic mass is 16.5. The van der Waals surface area contributed by atoms with Gasteiger partial charge < -0.3 is 20.3 Å². The van der Waals surface area contributed by atoms with Crippen LogP contribution in [0.4, 0.5) is 0 Å². The highest BCUT2D eigenvalue weighted by molar-refractivity contribution is 5.92. The van der Waals surface area contributed by atoms with Gasteiger partial charge in [-0.1, -0.05) is 49.4 Å². The van der Waals surface area contributed by atoms with Crippen molar-refractivity contribution in [3.63, 3.8) is 0 Å². The minimum absolute atomic E-state index is 0.0118. The Morgan fingerprint density at radius 1 is 1.14 bits per heavy atom. The van der Waals surface area contributed by atoms with Gasteiger partial charge in [-0.25, -0.2) is 4.79 Å². The molecule has 29 heavy (non-hydrogen) atoms. The number of benzene rings is 2. The first-order valence-electron chi connectivity index (χ1n) is 9.68. The van der Waals surface area contributed by atoms with Crippen LogP contribution in [0.3, 0.4) is 0 Å². The van der Waals surface area contributed by atoms with Crippen LogP contribution in [0, 0.1) is 5.92 Å². The third-order valence-corrected chi connectivity index (χ3v) is 4.69. The molecule has 5 N–H and O–H groups in total. The Labute approximate surface area is 172 Å². The molecule has 0 fully saturated rings. The van der Waals surface area contributed by atoms with Gasteiger partial charge in [0.15, 0.2) is 6.23 Å². The second-order valence-electron chi connectivity index (χ2n) is 7.18. The van der Waals surface area contributed by atoms with Gasteiger partial charge >= 0.3 is 5.97 Å². The number of hydrogen-bond acceptors (Lipinski definition) is 6. The summed E-state index contributed by atoms with van der Waals surface area (Å²) >= 11 is 0. The summed E-state index contributed by atoms with van der Waals surface area (Å²) in [7, 11) is 1.27. The molecule has 0 heterocycles. The van der Waals surface area contributed by atoms with Crippen molar-refractivity contribution in [2.45, 2.75) is 38.5 Å². The largest absolute Gasteiger partial charge is 0.473 e. The van der Waals surface area contributed by atoms with Crippen LogP contribution in [0.25, 0.3) is 6.08 Å². The Kier molecular flexibility index (Phi) is 8.70. The smallest absolute Gasteiger partial charge is 0.353 e. The van der Waals surface area contributed by atoms with Gasteiger partial charge in [-0.3, -0.25) is 5.73 Å². The van der Waals surface area contributed by atoms with E-state index in [1.165, 1.54) is 18.7 Å². The van der Waals surface area contributed by atoms with Gasteiger partial charge in [0.2, 0.25) is 0 Å². The van der Waals surface area contributed by atoms with Crippen LogP contribution in [0.15, 0.2) is 60.3 Å². The number of carbonyl (C=O) groups is 1. The molecule has 0 aliphatic rings. The molecule has 3 atom stereocenters. The van der Waals surface area contributed by atoms with Crippen LogP contribution in [0.1, 0.15) is 30.9 Å². The predicted molar refractivity (Wildman–Crippen MR) is 114 cm³/mol. The van der Waals surface area contributed by atoms with Crippen molar-refractivity contribution in [2.24, 2.45) is 17.4 Å². The van der Waals surface area contributed by atoms with E-state index < -0.39 is 18.3 Å². The lowest BCUT2D eigenvalue weighted by Gasteiger charge is -2.23. The lowest BCUT2D eigenvalue weighted by Crippen LogP contribution is -2.40. The highest BCUT2D eigenvalue weighted by Crippen LogP contribution is 2.19. The number of carbonyl (C=O) groups excluding carboxylic acids is 1. The Morgan fingerprint density at radius 3 is 2.41 bits per heavy atom. The van der Waals surface area contributed by atoms with E-state index >= 15 is 0 Å². The molecule has 0 aromatic heterocycles. The van der Waals surface area contributed by atoms with Gasteiger partial charge in [0.25, 0.3) is 0 Å². The average Bonchev–Trinajstić information content (AvgIpc) is 2.73. The van der Waals surface area contributed by atoms with Crippen molar-refractivity contribution in [3.05, 3.63) is 71.4 Å². The van der Waals surface area contributed by atoms with Crippen molar-refractivity contribution in [1.29, 1.82) is 0 Å². The van der Waals surface area contributed by atoms with E-state index in [1.807, 2.05) is 18.2 Å². The molecule has 0 saturated carbocycles. The number of hydrogen-bond donors (Lipinski definition) is 3. The average molecular weight is 399 g/mol. The van der Waals surface area contributed by atoms with Crippen molar-refractivity contribution < 1.29 is 19.4 Å². The summed E-state index contributed by atoms with van der Waals surface area (Å²) < 4.78 is 10.2. The van der Waals surface area contributed by atoms with E-state index in [2.05, 4.69) is 23.8 Å². The number of nitrogens with two attached hydrogens (primary N) is 2. The van der Waals surface area contributed by atoms with E-state index in [4.69, 9.17) is 16.2 Å². The number of rotatable bonds is 10. The molecule has 0 amide bonds. The zero-order chi connectivity index (χ0) is 21.2. The quantitative estimate of drug-likeness (QED) is 0.323. The third-order valence-electron chi connectivity index (χ3n) is 4.69. The van der Waals surface area contributed by atoms with Gasteiger partial charge in [0, 0.05) is 0 Å². The second-order valence-corrected chi connectivity index (χ2v) is 7.18. The number of ether oxygens (including phenoxy) is 2. The second kappa shape index (κ2) is 11.2. The molecular weight excluding hydrogens is 368 g/mol. The Balaban J connectivity index is 1.82. The molecule has 2 aromatic carbocycles. The standard InChI is InChI=1S/C23H30N2O4/c1-16(8-9-17-6-4-3-5-7-17)14-21(26)22(25)29-19-12-10-18(11-13-19)15-20(24)23(27)28-2/h3-7,10-13,15-16,21-22,26H,8-9,14,24-25H2,1-2H3. The molecule has 0 aliphatic carbocycles. The number of aryl methyl sites for hydroxylation is 1. The Morgan fingerprint density at radius 2 is 1.79 bits per heavy atom. The molecule has 6 nitrogen and oxygen atoms in total. The van der Waals surface area contributed by atoms with Crippen LogP contribution < -0.4 is 16.2 Å². The first-order valence-corrected chi connectivity index (χ1v) is 9.68. The highest BCUT2D eigenvalue weighted by Gasteiger charge is 2.19. The maximum atomic E-state index is 11.3. The summed E-state index contributed by atoms with van der Waals surface area (Å²) in [6.45, 7) is 2.10. The molecule has 0 bridgehead atoms. The van der Waals surface area contributed by atoms with E-state index in [0.29, 0.717) is 18.1 Å². The van der Waals surface area contributed by atoms with Crippen LogP contribution >= 0.6 is 0 Å². The summed E-state index contributed by atoms with van der Waals surface area (Å²) in [5, 5.41) is 10.4. The fraction of sp³-hybridized carbons (Fsp3) is 0.348. The Hall–Kier alpha value is -2.83. The molecule has 0 spiro atoms. The van der Waals surface area contributed by atoms with Gasteiger partial charge in [-0.15, -0.1) is 0 Å². The number of methoxy groups -OCH3 is 1. The van der Waals surface area contributed by atoms with Crippen LogP contribution in [0.2, 0.25) is 0 Å². The van der Waals surface area contributed by atoms with E-state index in [9.17, 15) is 9.90 Å².